The van der Waals surface area contributed by atoms with Crippen molar-refractivity contribution in [3.8, 4) is 0 Å². The molecule has 1 amide bonds. The SMILES string of the molecule is COCCNC(=O)CN(C)c1ncc(Cl)cc1Br. The van der Waals surface area contributed by atoms with E-state index in [4.69, 9.17) is 16.3 Å². The molecule has 18 heavy (non-hydrogen) atoms. The van der Waals surface area contributed by atoms with E-state index in [0.717, 1.165) is 4.47 Å². The number of rotatable bonds is 6. The van der Waals surface area contributed by atoms with Gasteiger partial charge in [-0.3, -0.25) is 4.79 Å². The molecule has 1 rings (SSSR count). The molecule has 0 aliphatic carbocycles. The molecular weight excluding hydrogens is 321 g/mol. The van der Waals surface area contributed by atoms with Crippen molar-refractivity contribution in [2.45, 2.75) is 0 Å². The zero-order chi connectivity index (χ0) is 13.5. The van der Waals surface area contributed by atoms with Gasteiger partial charge < -0.3 is 15.0 Å². The lowest BCUT2D eigenvalue weighted by Crippen LogP contribution is -2.37. The van der Waals surface area contributed by atoms with Gasteiger partial charge in [0, 0.05) is 26.9 Å². The van der Waals surface area contributed by atoms with Gasteiger partial charge in [0.25, 0.3) is 0 Å². The molecule has 0 spiro atoms. The second-order valence-electron chi connectivity index (χ2n) is 3.66. The number of aromatic nitrogens is 1. The van der Waals surface area contributed by atoms with E-state index in [1.807, 2.05) is 0 Å². The summed E-state index contributed by atoms with van der Waals surface area (Å²) in [5.41, 5.74) is 0. The minimum atomic E-state index is -0.0850. The second-order valence-corrected chi connectivity index (χ2v) is 4.95. The van der Waals surface area contributed by atoms with Crippen LogP contribution in [0, 0.1) is 0 Å². The summed E-state index contributed by atoms with van der Waals surface area (Å²) in [6, 6.07) is 1.74. The average molecular weight is 337 g/mol. The number of nitrogens with zero attached hydrogens (tertiary/aromatic N) is 2. The van der Waals surface area contributed by atoms with E-state index in [9.17, 15) is 4.79 Å². The number of pyridine rings is 1. The number of anilines is 1. The molecule has 0 radical (unpaired) electrons. The number of halogens is 2. The monoisotopic (exact) mass is 335 g/mol. The molecule has 0 unspecified atom stereocenters. The van der Waals surface area contributed by atoms with E-state index in [1.54, 1.807) is 31.3 Å². The molecule has 1 aromatic rings. The molecule has 5 nitrogen and oxygen atoms in total. The van der Waals surface area contributed by atoms with Crippen molar-refractivity contribution in [1.29, 1.82) is 0 Å². The Balaban J connectivity index is 2.54. The van der Waals surface area contributed by atoms with Crippen LogP contribution in [0.3, 0.4) is 0 Å². The molecule has 0 saturated carbocycles. The van der Waals surface area contributed by atoms with Crippen molar-refractivity contribution in [3.63, 3.8) is 0 Å². The number of hydrogen-bond acceptors (Lipinski definition) is 4. The maximum Gasteiger partial charge on any atom is 0.239 e. The summed E-state index contributed by atoms with van der Waals surface area (Å²) >= 11 is 9.17. The second kappa shape index (κ2) is 7.56. The topological polar surface area (TPSA) is 54.5 Å². The summed E-state index contributed by atoms with van der Waals surface area (Å²) in [6.07, 6.45) is 1.54. The van der Waals surface area contributed by atoms with Crippen LogP contribution in [-0.4, -0.2) is 44.7 Å². The lowest BCUT2D eigenvalue weighted by Gasteiger charge is -2.18. The number of carbonyl (C=O) groups excluding carboxylic acids is 1. The minimum absolute atomic E-state index is 0.0850. The lowest BCUT2D eigenvalue weighted by molar-refractivity contribution is -0.119. The normalized spacial score (nSPS) is 10.2. The molecule has 1 aromatic heterocycles. The molecule has 0 saturated heterocycles. The highest BCUT2D eigenvalue weighted by atomic mass is 79.9. The molecule has 1 heterocycles. The Labute approximate surface area is 120 Å². The van der Waals surface area contributed by atoms with Crippen molar-refractivity contribution in [3.05, 3.63) is 21.8 Å². The van der Waals surface area contributed by atoms with Crippen LogP contribution in [0.15, 0.2) is 16.7 Å². The Bertz CT molecular complexity index is 417. The van der Waals surface area contributed by atoms with E-state index in [1.165, 1.54) is 0 Å². The summed E-state index contributed by atoms with van der Waals surface area (Å²) < 4.78 is 5.60. The summed E-state index contributed by atoms with van der Waals surface area (Å²) in [7, 11) is 3.38. The van der Waals surface area contributed by atoms with E-state index in [2.05, 4.69) is 26.2 Å². The fourth-order valence-electron chi connectivity index (χ4n) is 1.33. The van der Waals surface area contributed by atoms with Crippen LogP contribution in [0.4, 0.5) is 5.82 Å². The largest absolute Gasteiger partial charge is 0.383 e. The quantitative estimate of drug-likeness (QED) is 0.803. The van der Waals surface area contributed by atoms with Crippen molar-refractivity contribution in [2.24, 2.45) is 0 Å². The first-order valence-corrected chi connectivity index (χ1v) is 6.49. The van der Waals surface area contributed by atoms with Crippen molar-refractivity contribution >= 4 is 39.3 Å². The summed E-state index contributed by atoms with van der Waals surface area (Å²) in [5.74, 6) is 0.583. The number of ether oxygens (including phenoxy) is 1. The number of nitrogens with one attached hydrogen (secondary N) is 1. The predicted octanol–water partition coefficient (Wildman–Crippen LogP) is 1.70. The first kappa shape index (κ1) is 15.2. The van der Waals surface area contributed by atoms with Crippen LogP contribution in [0.25, 0.3) is 0 Å². The van der Waals surface area contributed by atoms with Gasteiger partial charge in [0.1, 0.15) is 5.82 Å². The first-order valence-electron chi connectivity index (χ1n) is 5.32. The molecule has 100 valence electrons. The zero-order valence-corrected chi connectivity index (χ0v) is 12.6. The number of carbonyl (C=O) groups is 1. The van der Waals surface area contributed by atoms with Gasteiger partial charge in [-0.05, 0) is 22.0 Å². The van der Waals surface area contributed by atoms with Crippen LogP contribution >= 0.6 is 27.5 Å². The Morgan fingerprint density at radius 3 is 3.00 bits per heavy atom. The number of amides is 1. The van der Waals surface area contributed by atoms with Crippen LogP contribution < -0.4 is 10.2 Å². The predicted molar refractivity (Wildman–Crippen MR) is 75.1 cm³/mol. The molecule has 0 fully saturated rings. The van der Waals surface area contributed by atoms with E-state index < -0.39 is 0 Å². The summed E-state index contributed by atoms with van der Waals surface area (Å²) in [6.45, 7) is 1.22. The maximum atomic E-state index is 11.6. The Morgan fingerprint density at radius 1 is 1.67 bits per heavy atom. The third-order valence-corrected chi connectivity index (χ3v) is 2.95. The highest BCUT2D eigenvalue weighted by Gasteiger charge is 2.11. The standard InChI is InChI=1S/C11H15BrClN3O2/c1-16(7-10(17)14-3-4-18-2)11-9(12)5-8(13)6-15-11/h5-6H,3-4,7H2,1-2H3,(H,14,17). The third-order valence-electron chi connectivity index (χ3n) is 2.16. The highest BCUT2D eigenvalue weighted by Crippen LogP contribution is 2.25. The smallest absolute Gasteiger partial charge is 0.239 e. The highest BCUT2D eigenvalue weighted by molar-refractivity contribution is 9.10. The van der Waals surface area contributed by atoms with Gasteiger partial charge in [-0.25, -0.2) is 4.98 Å². The zero-order valence-electron chi connectivity index (χ0n) is 10.2. The van der Waals surface area contributed by atoms with Crippen molar-refractivity contribution in [1.82, 2.24) is 10.3 Å². The molecule has 7 heteroatoms. The van der Waals surface area contributed by atoms with Crippen LogP contribution in [0.1, 0.15) is 0 Å². The van der Waals surface area contributed by atoms with Gasteiger partial charge in [0.2, 0.25) is 5.91 Å². The fraction of sp³-hybridized carbons (Fsp3) is 0.455. The first-order chi connectivity index (χ1) is 8.54. The molecule has 0 aliphatic rings. The number of likely N-dealkylation sites (N-methyl/N-ethyl adjacent to an activating group) is 1. The lowest BCUT2D eigenvalue weighted by atomic mass is 10.4. The average Bonchev–Trinajstić information content (AvgIpc) is 2.28. The van der Waals surface area contributed by atoms with Crippen molar-refractivity contribution in [2.75, 3.05) is 38.8 Å². The van der Waals surface area contributed by atoms with Crippen LogP contribution in [-0.2, 0) is 9.53 Å². The molecule has 1 N–H and O–H groups in total. The summed E-state index contributed by atoms with van der Waals surface area (Å²) in [4.78, 5) is 17.5. The Hall–Kier alpha value is -0.850. The molecule has 0 atom stereocenters. The maximum absolute atomic E-state index is 11.6. The van der Waals surface area contributed by atoms with Gasteiger partial charge in [-0.15, -0.1) is 0 Å². The van der Waals surface area contributed by atoms with Gasteiger partial charge in [0.15, 0.2) is 0 Å². The summed E-state index contributed by atoms with van der Waals surface area (Å²) in [5, 5.41) is 3.29. The third kappa shape index (κ3) is 4.80. The fourth-order valence-corrected chi connectivity index (χ4v) is 2.27. The van der Waals surface area contributed by atoms with Gasteiger partial charge in [-0.2, -0.15) is 0 Å². The van der Waals surface area contributed by atoms with E-state index >= 15 is 0 Å². The van der Waals surface area contributed by atoms with Gasteiger partial charge in [0.05, 0.1) is 22.6 Å². The number of methoxy groups -OCH3 is 1. The van der Waals surface area contributed by atoms with E-state index in [-0.39, 0.29) is 12.5 Å². The molecule has 0 aromatic carbocycles. The van der Waals surface area contributed by atoms with Gasteiger partial charge >= 0.3 is 0 Å². The van der Waals surface area contributed by atoms with E-state index in [0.29, 0.717) is 24.0 Å². The minimum Gasteiger partial charge on any atom is -0.383 e. The number of hydrogen-bond donors (Lipinski definition) is 1. The Kier molecular flexibility index (Phi) is 6.38. The molecule has 0 bridgehead atoms. The van der Waals surface area contributed by atoms with Gasteiger partial charge in [-0.1, -0.05) is 11.6 Å². The van der Waals surface area contributed by atoms with Crippen LogP contribution in [0.5, 0.6) is 0 Å². The molecular formula is C11H15BrClN3O2. The van der Waals surface area contributed by atoms with Crippen molar-refractivity contribution < 1.29 is 9.53 Å². The molecule has 0 aliphatic heterocycles. The Morgan fingerprint density at radius 2 is 2.39 bits per heavy atom. The van der Waals surface area contributed by atoms with Crippen LogP contribution in [0.2, 0.25) is 5.02 Å².